The second kappa shape index (κ2) is 12.3. The van der Waals surface area contributed by atoms with Crippen LogP contribution in [0.1, 0.15) is 80.1 Å². The van der Waals surface area contributed by atoms with E-state index < -0.39 is 0 Å². The quantitative estimate of drug-likeness (QED) is 0.266. The van der Waals surface area contributed by atoms with E-state index in [1.807, 2.05) is 48.5 Å². The van der Waals surface area contributed by atoms with E-state index in [-0.39, 0.29) is 40.7 Å². The number of aromatic hydroxyl groups is 1. The minimum Gasteiger partial charge on any atom is -0.507 e. The van der Waals surface area contributed by atoms with Crippen LogP contribution in [-0.4, -0.2) is 41.3 Å². The molecule has 0 amide bonds. The molecule has 0 radical (unpaired) electrons. The highest BCUT2D eigenvalue weighted by Crippen LogP contribution is 2.40. The van der Waals surface area contributed by atoms with E-state index in [2.05, 4.69) is 90.9 Å². The summed E-state index contributed by atoms with van der Waals surface area (Å²) in [7, 11) is 0. The van der Waals surface area contributed by atoms with Gasteiger partial charge in [0.25, 0.3) is 0 Å². The van der Waals surface area contributed by atoms with Crippen molar-refractivity contribution in [3.8, 4) is 5.75 Å². The number of ether oxygens (including phenoxy) is 1. The van der Waals surface area contributed by atoms with Crippen LogP contribution in [0.25, 0.3) is 0 Å². The first-order valence-corrected chi connectivity index (χ1v) is 14.6. The molecule has 1 saturated heterocycles. The molecule has 1 N–H and O–H groups in total. The van der Waals surface area contributed by atoms with Gasteiger partial charge in [-0.15, -0.1) is 0 Å². The van der Waals surface area contributed by atoms with Gasteiger partial charge < -0.3 is 14.7 Å². The van der Waals surface area contributed by atoms with Crippen molar-refractivity contribution in [2.24, 2.45) is 9.94 Å². The lowest BCUT2D eigenvalue weighted by Gasteiger charge is -2.28. The van der Waals surface area contributed by atoms with Gasteiger partial charge in [0.2, 0.25) is 0 Å². The number of nitrogens with zero attached hydrogens (tertiary/aromatic N) is 2. The minimum atomic E-state index is -0.309. The highest BCUT2D eigenvalue weighted by molar-refractivity contribution is 9.08. The van der Waals surface area contributed by atoms with Crippen LogP contribution in [0.4, 0.5) is 0 Å². The zero-order chi connectivity index (χ0) is 29.1. The fourth-order valence-corrected chi connectivity index (χ4v) is 5.92. The summed E-state index contributed by atoms with van der Waals surface area (Å²) in [6, 6.07) is 24.2. The topological polar surface area (TPSA) is 62.1 Å². The first kappa shape index (κ1) is 30.0. The van der Waals surface area contributed by atoms with Crippen molar-refractivity contribution in [3.63, 3.8) is 0 Å². The van der Waals surface area contributed by atoms with Crippen molar-refractivity contribution in [1.29, 1.82) is 0 Å². The van der Waals surface area contributed by atoms with Crippen molar-refractivity contribution in [2.75, 3.05) is 19.7 Å². The van der Waals surface area contributed by atoms with Crippen LogP contribution in [0.15, 0.2) is 76.8 Å². The first-order valence-electron chi connectivity index (χ1n) is 13.9. The molecule has 1 heterocycles. The second-order valence-corrected chi connectivity index (χ2v) is 13.2. The molecule has 0 unspecified atom stereocenters. The molecule has 0 aliphatic carbocycles. The Morgan fingerprint density at radius 3 is 2.02 bits per heavy atom. The largest absolute Gasteiger partial charge is 0.507 e. The molecule has 0 spiro atoms. The summed E-state index contributed by atoms with van der Waals surface area (Å²) in [6.45, 7) is 14.3. The number of carbonyl (C=O) groups is 1. The summed E-state index contributed by atoms with van der Waals surface area (Å²) in [5.41, 5.74) is 3.85. The van der Waals surface area contributed by atoms with Crippen molar-refractivity contribution < 1.29 is 14.6 Å². The van der Waals surface area contributed by atoms with E-state index in [1.54, 1.807) is 0 Å². The number of rotatable bonds is 8. The molecule has 0 bridgehead atoms. The fraction of sp³-hybridized carbons (Fsp3) is 0.412. The van der Waals surface area contributed by atoms with Gasteiger partial charge in [-0.05, 0) is 34.1 Å². The minimum absolute atomic E-state index is 0.000705. The van der Waals surface area contributed by atoms with Crippen molar-refractivity contribution in [2.45, 2.75) is 64.9 Å². The number of ketones is 1. The number of hydrogen-bond donors (Lipinski definition) is 1. The van der Waals surface area contributed by atoms with Gasteiger partial charge in [0.05, 0.1) is 35.9 Å². The molecule has 1 aliphatic rings. The van der Waals surface area contributed by atoms with Gasteiger partial charge in [0.15, 0.2) is 5.78 Å². The van der Waals surface area contributed by atoms with Crippen LogP contribution >= 0.6 is 16.1 Å². The second-order valence-electron chi connectivity index (χ2n) is 12.8. The van der Waals surface area contributed by atoms with E-state index in [0.29, 0.717) is 25.3 Å². The average molecular weight is 606 g/mol. The maximum Gasteiger partial charge on any atom is 0.182 e. The predicted molar refractivity (Wildman–Crippen MR) is 167 cm³/mol. The number of phenolic OH excluding ortho intramolecular Hbond substituents is 1. The number of Topliss-reactive ketones (excluding diaryl/α,β-unsaturated/α-hetero) is 1. The molecule has 3 aromatic carbocycles. The Labute approximate surface area is 247 Å². The average Bonchev–Trinajstić information content (AvgIpc) is 3.25. The van der Waals surface area contributed by atoms with E-state index in [1.165, 1.54) is 0 Å². The number of likely N-dealkylation sites (tertiary alicyclic amines) is 1. The van der Waals surface area contributed by atoms with Crippen LogP contribution in [0, 0.1) is 5.92 Å². The summed E-state index contributed by atoms with van der Waals surface area (Å²) in [6.07, 6.45) is 0. The van der Waals surface area contributed by atoms with Crippen LogP contribution < -0.4 is 0 Å². The van der Waals surface area contributed by atoms with E-state index in [9.17, 15) is 9.90 Å². The maximum atomic E-state index is 13.9. The predicted octanol–water partition coefficient (Wildman–Crippen LogP) is 7.81. The smallest absolute Gasteiger partial charge is 0.182 e. The van der Waals surface area contributed by atoms with E-state index in [0.717, 1.165) is 28.1 Å². The molecule has 0 aromatic heterocycles. The Morgan fingerprint density at radius 1 is 0.950 bits per heavy atom. The van der Waals surface area contributed by atoms with Gasteiger partial charge in [0.1, 0.15) is 11.6 Å². The zero-order valence-electron chi connectivity index (χ0n) is 24.4. The Bertz CT molecular complexity index is 1310. The van der Waals surface area contributed by atoms with Gasteiger partial charge >= 0.3 is 0 Å². The normalized spacial score (nSPS) is 18.9. The van der Waals surface area contributed by atoms with Gasteiger partial charge in [-0.1, -0.05) is 102 Å². The molecule has 1 fully saturated rings. The van der Waals surface area contributed by atoms with Gasteiger partial charge in [-0.2, -0.15) is 4.02 Å². The standard InChI is InChI=1S/C34H41BrN2O3/c1-33(2,3)27-17-25(18-28(31(27)39)34(4,5)6)29(38)20-37-19-26(22-40-21-23-13-9-7-10-14-23)30(32(37)36-35)24-15-11-8-12-16-24/h7-18,26,30,39H,19-22H2,1-6H3/b36-32-/t26-,30-/m1/s1. The molecule has 4 rings (SSSR count). The van der Waals surface area contributed by atoms with Crippen molar-refractivity contribution in [1.82, 2.24) is 4.90 Å². The monoisotopic (exact) mass is 604 g/mol. The molecule has 40 heavy (non-hydrogen) atoms. The Kier molecular flexibility index (Phi) is 9.21. The Morgan fingerprint density at radius 2 is 1.50 bits per heavy atom. The summed E-state index contributed by atoms with van der Waals surface area (Å²) in [4.78, 5) is 15.9. The third-order valence-corrected chi connectivity index (χ3v) is 7.96. The molecular weight excluding hydrogens is 564 g/mol. The number of carbonyl (C=O) groups excluding carboxylic acids is 1. The molecule has 0 saturated carbocycles. The third kappa shape index (κ3) is 6.84. The van der Waals surface area contributed by atoms with Gasteiger partial charge in [0, 0.05) is 35.1 Å². The Balaban J connectivity index is 1.61. The molecule has 6 heteroatoms. The molecule has 2 atom stereocenters. The highest BCUT2D eigenvalue weighted by atomic mass is 79.9. The first-order chi connectivity index (χ1) is 18.9. The third-order valence-electron chi connectivity index (χ3n) is 7.60. The SMILES string of the molecule is CC(C)(C)c1cc(C(=O)CN2C[C@H](COCc3ccccc3)[C@@H](c3ccccc3)/C2=N/Br)cc(C(C)(C)C)c1O. The Hall–Kier alpha value is -2.96. The van der Waals surface area contributed by atoms with E-state index >= 15 is 0 Å². The van der Waals surface area contributed by atoms with Gasteiger partial charge in [-0.25, -0.2) is 0 Å². The van der Waals surface area contributed by atoms with Crippen LogP contribution in [-0.2, 0) is 22.2 Å². The van der Waals surface area contributed by atoms with Crippen LogP contribution in [0.3, 0.4) is 0 Å². The zero-order valence-corrected chi connectivity index (χ0v) is 26.0. The fourth-order valence-electron chi connectivity index (χ4n) is 5.48. The molecule has 212 valence electrons. The number of halogens is 1. The molecule has 3 aromatic rings. The van der Waals surface area contributed by atoms with Crippen LogP contribution in [0.5, 0.6) is 5.75 Å². The lowest BCUT2D eigenvalue weighted by molar-refractivity contribution is 0.0826. The highest BCUT2D eigenvalue weighted by Gasteiger charge is 2.40. The van der Waals surface area contributed by atoms with Crippen molar-refractivity contribution >= 4 is 27.8 Å². The lowest BCUT2D eigenvalue weighted by atomic mass is 9.78. The number of amidine groups is 1. The summed E-state index contributed by atoms with van der Waals surface area (Å²) >= 11 is 3.38. The molecule has 5 nitrogen and oxygen atoms in total. The van der Waals surface area contributed by atoms with Crippen molar-refractivity contribution in [3.05, 3.63) is 101 Å². The summed E-state index contributed by atoms with van der Waals surface area (Å²) in [5.74, 6) is 1.24. The maximum absolute atomic E-state index is 13.9. The number of phenols is 1. The van der Waals surface area contributed by atoms with Gasteiger partial charge in [-0.3, -0.25) is 4.79 Å². The van der Waals surface area contributed by atoms with E-state index in [4.69, 9.17) is 4.74 Å². The summed E-state index contributed by atoms with van der Waals surface area (Å²) in [5, 5.41) is 11.1. The summed E-state index contributed by atoms with van der Waals surface area (Å²) < 4.78 is 10.7. The van der Waals surface area contributed by atoms with Crippen LogP contribution in [0.2, 0.25) is 0 Å². The lowest BCUT2D eigenvalue weighted by Crippen LogP contribution is -2.32. The number of hydrogen-bond acceptors (Lipinski definition) is 4. The number of benzene rings is 3. The molecular formula is C34H41BrN2O3. The molecule has 1 aliphatic heterocycles.